The van der Waals surface area contributed by atoms with E-state index in [2.05, 4.69) is 58.9 Å². The van der Waals surface area contributed by atoms with E-state index in [0.29, 0.717) is 13.1 Å². The van der Waals surface area contributed by atoms with Crippen molar-refractivity contribution in [1.82, 2.24) is 20.2 Å². The third kappa shape index (κ3) is 7.22. The van der Waals surface area contributed by atoms with Crippen LogP contribution in [0.4, 0.5) is 4.79 Å². The number of aromatic nitrogens is 2. The van der Waals surface area contributed by atoms with Gasteiger partial charge < -0.3 is 29.8 Å². The first-order chi connectivity index (χ1) is 20.4. The van der Waals surface area contributed by atoms with Crippen molar-refractivity contribution in [2.45, 2.75) is 50.7 Å². The molecular weight excluding hydrogens is 548 g/mol. The number of carbonyl (C=O) groups excluding carboxylic acids is 1. The van der Waals surface area contributed by atoms with Crippen molar-refractivity contribution in [3.63, 3.8) is 0 Å². The van der Waals surface area contributed by atoms with Gasteiger partial charge in [-0.1, -0.05) is 85.4 Å². The van der Waals surface area contributed by atoms with Crippen LogP contribution in [0.25, 0.3) is 11.1 Å². The number of aliphatic hydroxyl groups excluding tert-OH is 1. The van der Waals surface area contributed by atoms with Gasteiger partial charge in [0.05, 0.1) is 18.8 Å². The Hall–Kier alpha value is -3.63. The fourth-order valence-electron chi connectivity index (χ4n) is 5.06. The molecule has 9 heteroatoms. The zero-order chi connectivity index (χ0) is 29.5. The van der Waals surface area contributed by atoms with Crippen LogP contribution in [-0.4, -0.2) is 39.1 Å². The Morgan fingerprint density at radius 2 is 1.74 bits per heavy atom. The van der Waals surface area contributed by atoms with Gasteiger partial charge >= 0.3 is 6.03 Å². The van der Waals surface area contributed by atoms with Crippen molar-refractivity contribution in [3.05, 3.63) is 107 Å². The first kappa shape index (κ1) is 29.8. The molecule has 1 aliphatic heterocycles. The molecule has 5 rings (SSSR count). The highest BCUT2D eigenvalue weighted by Gasteiger charge is 2.38. The highest BCUT2D eigenvalue weighted by atomic mass is 32.2. The smallest absolute Gasteiger partial charge is 0.315 e. The van der Waals surface area contributed by atoms with E-state index >= 15 is 0 Å². The maximum Gasteiger partial charge on any atom is 0.315 e. The summed E-state index contributed by atoms with van der Waals surface area (Å²) < 4.78 is 15.2. The van der Waals surface area contributed by atoms with Gasteiger partial charge in [-0.05, 0) is 40.8 Å². The number of aryl methyl sites for hydroxylation is 1. The third-order valence-electron chi connectivity index (χ3n) is 7.51. The molecule has 2 heterocycles. The number of rotatable bonds is 10. The Bertz CT molecular complexity index is 1460. The Labute approximate surface area is 251 Å². The maximum atomic E-state index is 11.8. The van der Waals surface area contributed by atoms with Crippen LogP contribution in [0.5, 0.6) is 0 Å². The monoisotopic (exact) mass is 586 g/mol. The lowest BCUT2D eigenvalue weighted by Crippen LogP contribution is -2.38. The third-order valence-corrected chi connectivity index (χ3v) is 8.66. The maximum absolute atomic E-state index is 11.8. The molecule has 0 saturated carbocycles. The van der Waals surface area contributed by atoms with Crippen molar-refractivity contribution in [1.29, 1.82) is 0 Å². The number of imidazole rings is 1. The van der Waals surface area contributed by atoms with Gasteiger partial charge in [0, 0.05) is 49.8 Å². The molecule has 3 aromatic carbocycles. The average Bonchev–Trinajstić information content (AvgIpc) is 3.44. The van der Waals surface area contributed by atoms with E-state index < -0.39 is 6.29 Å². The van der Waals surface area contributed by atoms with E-state index in [9.17, 15) is 9.90 Å². The minimum absolute atomic E-state index is 0.00990. The molecule has 1 aliphatic rings. The first-order valence-corrected chi connectivity index (χ1v) is 15.3. The van der Waals surface area contributed by atoms with Gasteiger partial charge in [-0.15, -0.1) is 0 Å². The van der Waals surface area contributed by atoms with Crippen LogP contribution in [0.2, 0.25) is 0 Å². The van der Waals surface area contributed by atoms with E-state index in [1.807, 2.05) is 67.3 Å². The van der Waals surface area contributed by atoms with Crippen LogP contribution in [0.3, 0.4) is 0 Å². The molecular formula is C33H38N4O4S. The number of aliphatic hydroxyl groups is 1. The number of amides is 2. The number of benzene rings is 3. The van der Waals surface area contributed by atoms with Crippen molar-refractivity contribution in [2.24, 2.45) is 13.0 Å². The summed E-state index contributed by atoms with van der Waals surface area (Å²) in [6.45, 7) is 5.12. The number of urea groups is 1. The Morgan fingerprint density at radius 1 is 0.976 bits per heavy atom. The fraction of sp³-hybridized carbons (Fsp3) is 0.333. The quantitative estimate of drug-likeness (QED) is 0.198. The first-order valence-electron chi connectivity index (χ1n) is 14.3. The molecule has 8 nitrogen and oxygen atoms in total. The number of ether oxygens (including phenoxy) is 2. The summed E-state index contributed by atoms with van der Waals surface area (Å²) >= 11 is 1.68. The average molecular weight is 587 g/mol. The van der Waals surface area contributed by atoms with Crippen LogP contribution in [0.1, 0.15) is 48.5 Å². The molecule has 220 valence electrons. The van der Waals surface area contributed by atoms with E-state index in [0.717, 1.165) is 44.3 Å². The highest BCUT2D eigenvalue weighted by molar-refractivity contribution is 7.99. The lowest BCUT2D eigenvalue weighted by Gasteiger charge is -2.41. The van der Waals surface area contributed by atoms with Crippen LogP contribution in [0, 0.1) is 5.92 Å². The lowest BCUT2D eigenvalue weighted by molar-refractivity contribution is -0.268. The summed E-state index contributed by atoms with van der Waals surface area (Å²) in [7, 11) is 1.99. The number of hydrogen-bond acceptors (Lipinski definition) is 6. The molecule has 1 saturated heterocycles. The standard InChI is InChI=1S/C33H38N4O4S/c1-4-34-32(39)36-19-24-6-5-7-28(18-24)25-12-14-27(15-13-25)31-40-29(21-42-33-35-16-17-37(33)3)22(2)30(41-31)26-10-8-23(20-38)9-11-26/h5-18,22,29-31,38H,4,19-21H2,1-3H3,(H2,34,36,39). The fourth-order valence-corrected chi connectivity index (χ4v) is 6.15. The summed E-state index contributed by atoms with van der Waals surface area (Å²) in [6, 6.07) is 24.2. The number of thioether (sulfide) groups is 1. The van der Waals surface area contributed by atoms with Gasteiger partial charge in [-0.25, -0.2) is 9.78 Å². The molecule has 4 aromatic rings. The topological polar surface area (TPSA) is 97.6 Å². The van der Waals surface area contributed by atoms with Crippen LogP contribution in [-0.2, 0) is 29.7 Å². The zero-order valence-corrected chi connectivity index (χ0v) is 25.0. The zero-order valence-electron chi connectivity index (χ0n) is 24.2. The van der Waals surface area contributed by atoms with Gasteiger partial charge in [0.1, 0.15) is 0 Å². The summed E-state index contributed by atoms with van der Waals surface area (Å²) in [5, 5.41) is 16.1. The number of nitrogens with one attached hydrogen (secondary N) is 2. The van der Waals surface area contributed by atoms with E-state index in [-0.39, 0.29) is 30.8 Å². The lowest BCUT2D eigenvalue weighted by atomic mass is 9.91. The Balaban J connectivity index is 1.34. The van der Waals surface area contributed by atoms with Crippen molar-refractivity contribution >= 4 is 17.8 Å². The molecule has 1 fully saturated rings. The normalized spacial score (nSPS) is 20.3. The predicted molar refractivity (Wildman–Crippen MR) is 165 cm³/mol. The predicted octanol–water partition coefficient (Wildman–Crippen LogP) is 5.98. The van der Waals surface area contributed by atoms with E-state index in [4.69, 9.17) is 9.47 Å². The molecule has 4 unspecified atom stereocenters. The molecule has 0 spiro atoms. The van der Waals surface area contributed by atoms with Crippen LogP contribution >= 0.6 is 11.8 Å². The second-order valence-electron chi connectivity index (χ2n) is 10.5. The summed E-state index contributed by atoms with van der Waals surface area (Å²) in [5.41, 5.74) is 6.05. The van der Waals surface area contributed by atoms with Crippen LogP contribution < -0.4 is 10.6 Å². The van der Waals surface area contributed by atoms with Gasteiger partial charge in [0.2, 0.25) is 0 Å². The van der Waals surface area contributed by atoms with E-state index in [1.165, 1.54) is 0 Å². The molecule has 2 amide bonds. The molecule has 0 bridgehead atoms. The minimum Gasteiger partial charge on any atom is -0.392 e. The summed E-state index contributed by atoms with van der Waals surface area (Å²) in [6.07, 6.45) is 2.99. The van der Waals surface area contributed by atoms with E-state index in [1.54, 1.807) is 11.8 Å². The Morgan fingerprint density at radius 3 is 2.43 bits per heavy atom. The molecule has 3 N–H and O–H groups in total. The SMILES string of the molecule is CCNC(=O)NCc1cccc(-c2ccc(C3OC(CSc4nccn4C)C(C)C(c4ccc(CO)cc4)O3)cc2)c1. The number of carbonyl (C=O) groups is 1. The molecule has 4 atom stereocenters. The van der Waals surface area contributed by atoms with Gasteiger partial charge in [-0.3, -0.25) is 0 Å². The van der Waals surface area contributed by atoms with Crippen molar-refractivity contribution < 1.29 is 19.4 Å². The second kappa shape index (κ2) is 14.0. The number of hydrogen-bond donors (Lipinski definition) is 3. The molecule has 1 aromatic heterocycles. The van der Waals surface area contributed by atoms with Gasteiger partial charge in [0.25, 0.3) is 0 Å². The van der Waals surface area contributed by atoms with Gasteiger partial charge in [0.15, 0.2) is 11.4 Å². The molecule has 0 aliphatic carbocycles. The second-order valence-corrected chi connectivity index (χ2v) is 11.5. The van der Waals surface area contributed by atoms with Crippen LogP contribution in [0.15, 0.2) is 90.3 Å². The van der Waals surface area contributed by atoms with Crippen molar-refractivity contribution in [2.75, 3.05) is 12.3 Å². The number of nitrogens with zero attached hydrogens (tertiary/aromatic N) is 2. The largest absolute Gasteiger partial charge is 0.392 e. The van der Waals surface area contributed by atoms with Gasteiger partial charge in [-0.2, -0.15) is 0 Å². The summed E-state index contributed by atoms with van der Waals surface area (Å²) in [5.74, 6) is 0.843. The molecule has 42 heavy (non-hydrogen) atoms. The highest BCUT2D eigenvalue weighted by Crippen LogP contribution is 2.43. The Kier molecular flexibility index (Phi) is 9.97. The summed E-state index contributed by atoms with van der Waals surface area (Å²) in [4.78, 5) is 16.3. The molecule has 0 radical (unpaired) electrons. The minimum atomic E-state index is -0.530. The van der Waals surface area contributed by atoms with Crippen molar-refractivity contribution in [3.8, 4) is 11.1 Å².